The maximum absolute atomic E-state index is 4.51. The summed E-state index contributed by atoms with van der Waals surface area (Å²) in [6, 6.07) is 4.33. The number of aryl methyl sites for hydroxylation is 4. The minimum Gasteiger partial charge on any atom is -0.365 e. The maximum atomic E-state index is 4.51. The zero-order chi connectivity index (χ0) is 16.6. The Balaban J connectivity index is 1.88. The molecular weight excluding hydrogens is 288 g/mol. The SMILES string of the molecule is Cc1cc(C)c2c(N[C@H](C)Cn3nc(C)cc3C)ncnc2n1. The zero-order valence-electron chi connectivity index (χ0n) is 14.3. The number of rotatable bonds is 4. The van der Waals surface area contributed by atoms with Crippen LogP contribution in [0.3, 0.4) is 0 Å². The molecule has 6 heteroatoms. The summed E-state index contributed by atoms with van der Waals surface area (Å²) in [5.74, 6) is 0.828. The summed E-state index contributed by atoms with van der Waals surface area (Å²) >= 11 is 0. The van der Waals surface area contributed by atoms with Gasteiger partial charge in [-0.05, 0) is 52.3 Å². The summed E-state index contributed by atoms with van der Waals surface area (Å²) < 4.78 is 2.02. The largest absolute Gasteiger partial charge is 0.365 e. The smallest absolute Gasteiger partial charge is 0.165 e. The van der Waals surface area contributed by atoms with Gasteiger partial charge in [-0.25, -0.2) is 15.0 Å². The van der Waals surface area contributed by atoms with Gasteiger partial charge in [-0.15, -0.1) is 0 Å². The molecule has 0 unspecified atom stereocenters. The summed E-state index contributed by atoms with van der Waals surface area (Å²) in [6.45, 7) is 11.0. The van der Waals surface area contributed by atoms with Crippen molar-refractivity contribution in [1.29, 1.82) is 0 Å². The molecule has 0 bridgehead atoms. The van der Waals surface area contributed by atoms with E-state index in [-0.39, 0.29) is 6.04 Å². The average molecular weight is 310 g/mol. The van der Waals surface area contributed by atoms with Gasteiger partial charge in [0.25, 0.3) is 0 Å². The molecule has 120 valence electrons. The Bertz CT molecular complexity index is 852. The van der Waals surface area contributed by atoms with Crippen molar-refractivity contribution in [2.24, 2.45) is 0 Å². The van der Waals surface area contributed by atoms with Gasteiger partial charge >= 0.3 is 0 Å². The topological polar surface area (TPSA) is 68.5 Å². The van der Waals surface area contributed by atoms with Gasteiger partial charge in [0.1, 0.15) is 12.1 Å². The van der Waals surface area contributed by atoms with Gasteiger partial charge in [-0.1, -0.05) is 0 Å². The molecule has 0 aliphatic heterocycles. The van der Waals surface area contributed by atoms with E-state index in [1.165, 1.54) is 0 Å². The van der Waals surface area contributed by atoms with Crippen molar-refractivity contribution >= 4 is 16.9 Å². The number of pyridine rings is 1. The molecule has 6 nitrogen and oxygen atoms in total. The number of aromatic nitrogens is 5. The van der Waals surface area contributed by atoms with E-state index in [0.717, 1.165) is 46.0 Å². The van der Waals surface area contributed by atoms with Crippen molar-refractivity contribution in [3.05, 3.63) is 41.1 Å². The van der Waals surface area contributed by atoms with Crippen molar-refractivity contribution in [2.75, 3.05) is 5.32 Å². The van der Waals surface area contributed by atoms with Gasteiger partial charge in [0.15, 0.2) is 5.65 Å². The fraction of sp³-hybridized carbons (Fsp3) is 0.412. The van der Waals surface area contributed by atoms with Gasteiger partial charge in [0.2, 0.25) is 0 Å². The lowest BCUT2D eigenvalue weighted by Crippen LogP contribution is -2.24. The molecule has 3 aromatic heterocycles. The molecule has 0 aliphatic rings. The quantitative estimate of drug-likeness (QED) is 0.802. The van der Waals surface area contributed by atoms with Crippen LogP contribution in [0.5, 0.6) is 0 Å². The van der Waals surface area contributed by atoms with E-state index in [1.54, 1.807) is 6.33 Å². The molecule has 0 aromatic carbocycles. The molecule has 0 saturated heterocycles. The lowest BCUT2D eigenvalue weighted by atomic mass is 10.1. The molecule has 0 fully saturated rings. The molecule has 0 saturated carbocycles. The van der Waals surface area contributed by atoms with Crippen molar-refractivity contribution in [2.45, 2.75) is 47.2 Å². The molecule has 0 spiro atoms. The van der Waals surface area contributed by atoms with Crippen LogP contribution in [-0.4, -0.2) is 30.8 Å². The lowest BCUT2D eigenvalue weighted by molar-refractivity contribution is 0.545. The Labute approximate surface area is 136 Å². The van der Waals surface area contributed by atoms with E-state index in [4.69, 9.17) is 0 Å². The van der Waals surface area contributed by atoms with Crippen LogP contribution in [-0.2, 0) is 6.54 Å². The number of fused-ring (bicyclic) bond motifs is 1. The number of hydrogen-bond donors (Lipinski definition) is 1. The number of hydrogen-bond acceptors (Lipinski definition) is 5. The standard InChI is InChI=1S/C17H22N6/c1-10-6-11(2)20-16-15(10)17(19-9-18-16)21-13(4)8-23-14(5)7-12(3)22-23/h6-7,9,13H,8H2,1-5H3,(H,18,19,20,21)/t13-/m1/s1. The minimum atomic E-state index is 0.187. The van der Waals surface area contributed by atoms with E-state index in [0.29, 0.717) is 0 Å². The van der Waals surface area contributed by atoms with E-state index >= 15 is 0 Å². The summed E-state index contributed by atoms with van der Waals surface area (Å²) in [6.07, 6.45) is 1.56. The monoisotopic (exact) mass is 310 g/mol. The highest BCUT2D eigenvalue weighted by molar-refractivity contribution is 5.89. The summed E-state index contributed by atoms with van der Waals surface area (Å²) in [4.78, 5) is 13.2. The Morgan fingerprint density at radius 3 is 2.57 bits per heavy atom. The van der Waals surface area contributed by atoms with Crippen molar-refractivity contribution in [3.63, 3.8) is 0 Å². The molecule has 23 heavy (non-hydrogen) atoms. The highest BCUT2D eigenvalue weighted by atomic mass is 15.3. The molecule has 0 radical (unpaired) electrons. The first kappa shape index (κ1) is 15.4. The second-order valence-electron chi connectivity index (χ2n) is 6.16. The first-order valence-corrected chi connectivity index (χ1v) is 7.80. The zero-order valence-corrected chi connectivity index (χ0v) is 14.3. The van der Waals surface area contributed by atoms with Crippen LogP contribution in [0.15, 0.2) is 18.5 Å². The van der Waals surface area contributed by atoms with Gasteiger partial charge in [-0.2, -0.15) is 5.10 Å². The maximum Gasteiger partial charge on any atom is 0.165 e. The third-order valence-electron chi connectivity index (χ3n) is 3.86. The molecule has 1 N–H and O–H groups in total. The highest BCUT2D eigenvalue weighted by Crippen LogP contribution is 2.23. The summed E-state index contributed by atoms with van der Waals surface area (Å²) in [5.41, 5.74) is 5.04. The Morgan fingerprint density at radius 2 is 1.87 bits per heavy atom. The third-order valence-corrected chi connectivity index (χ3v) is 3.86. The molecule has 3 heterocycles. The van der Waals surface area contributed by atoms with Crippen LogP contribution in [0.25, 0.3) is 11.0 Å². The van der Waals surface area contributed by atoms with Gasteiger partial charge in [-0.3, -0.25) is 4.68 Å². The third kappa shape index (κ3) is 3.16. The van der Waals surface area contributed by atoms with Gasteiger partial charge in [0.05, 0.1) is 17.6 Å². The van der Waals surface area contributed by atoms with Gasteiger partial charge < -0.3 is 5.32 Å². The van der Waals surface area contributed by atoms with E-state index in [9.17, 15) is 0 Å². The average Bonchev–Trinajstić information content (AvgIpc) is 2.76. The second kappa shape index (κ2) is 5.95. The summed E-state index contributed by atoms with van der Waals surface area (Å²) in [7, 11) is 0. The number of nitrogens with zero attached hydrogens (tertiary/aromatic N) is 5. The minimum absolute atomic E-state index is 0.187. The Hall–Kier alpha value is -2.50. The van der Waals surface area contributed by atoms with Crippen LogP contribution in [0.4, 0.5) is 5.82 Å². The lowest BCUT2D eigenvalue weighted by Gasteiger charge is -2.17. The van der Waals surface area contributed by atoms with Crippen LogP contribution >= 0.6 is 0 Å². The molecule has 1 atom stereocenters. The molecular formula is C17H22N6. The molecule has 3 aromatic rings. The molecule has 0 aliphatic carbocycles. The van der Waals surface area contributed by atoms with Crippen LogP contribution in [0.1, 0.15) is 29.6 Å². The van der Waals surface area contributed by atoms with Crippen LogP contribution in [0, 0.1) is 27.7 Å². The normalized spacial score (nSPS) is 12.6. The Kier molecular flexibility index (Phi) is 3.98. The number of nitrogens with one attached hydrogen (secondary N) is 1. The predicted octanol–water partition coefficient (Wildman–Crippen LogP) is 2.96. The van der Waals surface area contributed by atoms with Crippen LogP contribution in [0.2, 0.25) is 0 Å². The first-order chi connectivity index (χ1) is 10.9. The highest BCUT2D eigenvalue weighted by Gasteiger charge is 2.12. The van der Waals surface area contributed by atoms with E-state index < -0.39 is 0 Å². The van der Waals surface area contributed by atoms with Crippen molar-refractivity contribution < 1.29 is 0 Å². The fourth-order valence-corrected chi connectivity index (χ4v) is 2.92. The predicted molar refractivity (Wildman–Crippen MR) is 91.6 cm³/mol. The fourth-order valence-electron chi connectivity index (χ4n) is 2.92. The Morgan fingerprint density at radius 1 is 1.09 bits per heavy atom. The first-order valence-electron chi connectivity index (χ1n) is 7.80. The van der Waals surface area contributed by atoms with Crippen LogP contribution < -0.4 is 5.32 Å². The van der Waals surface area contributed by atoms with E-state index in [2.05, 4.69) is 58.3 Å². The molecule has 3 rings (SSSR count). The van der Waals surface area contributed by atoms with E-state index in [1.807, 2.05) is 18.5 Å². The number of anilines is 1. The van der Waals surface area contributed by atoms with Crippen molar-refractivity contribution in [3.8, 4) is 0 Å². The second-order valence-corrected chi connectivity index (χ2v) is 6.16. The summed E-state index contributed by atoms with van der Waals surface area (Å²) in [5, 5.41) is 8.98. The molecule has 0 amide bonds. The van der Waals surface area contributed by atoms with Gasteiger partial charge in [0, 0.05) is 17.4 Å². The van der Waals surface area contributed by atoms with Crippen molar-refractivity contribution in [1.82, 2.24) is 24.7 Å².